The van der Waals surface area contributed by atoms with Gasteiger partial charge in [-0.15, -0.1) is 0 Å². The molecule has 5 nitrogen and oxygen atoms in total. The highest BCUT2D eigenvalue weighted by Gasteiger charge is 2.33. The highest BCUT2D eigenvalue weighted by atomic mass is 16.5. The fraction of sp³-hybridized carbons (Fsp3) is 0.545. The molecule has 1 heterocycles. The van der Waals surface area contributed by atoms with Crippen LogP contribution in [0.2, 0.25) is 0 Å². The van der Waals surface area contributed by atoms with Crippen molar-refractivity contribution < 1.29 is 19.4 Å². The first-order valence-electron chi connectivity index (χ1n) is 4.90. The standard InChI is InChI=1S/C11H16O5/c1-6-8(15-4)5-9(16-10(6)13)11(3,14)7(2)12/h5,7,12,14H,1-4H3/t7-,11+/m1/s1. The van der Waals surface area contributed by atoms with E-state index >= 15 is 0 Å². The predicted molar refractivity (Wildman–Crippen MR) is 57.5 cm³/mol. The van der Waals surface area contributed by atoms with Gasteiger partial charge in [0.15, 0.2) is 0 Å². The van der Waals surface area contributed by atoms with Gasteiger partial charge < -0.3 is 19.4 Å². The van der Waals surface area contributed by atoms with E-state index in [0.29, 0.717) is 11.3 Å². The Morgan fingerprint density at radius 1 is 1.56 bits per heavy atom. The van der Waals surface area contributed by atoms with Crippen molar-refractivity contribution in [1.82, 2.24) is 0 Å². The van der Waals surface area contributed by atoms with Gasteiger partial charge >= 0.3 is 5.63 Å². The van der Waals surface area contributed by atoms with E-state index in [1.54, 1.807) is 6.92 Å². The van der Waals surface area contributed by atoms with Crippen molar-refractivity contribution in [1.29, 1.82) is 0 Å². The van der Waals surface area contributed by atoms with Gasteiger partial charge in [-0.1, -0.05) is 0 Å². The van der Waals surface area contributed by atoms with E-state index in [1.165, 1.54) is 27.0 Å². The first-order valence-corrected chi connectivity index (χ1v) is 4.90. The lowest BCUT2D eigenvalue weighted by molar-refractivity contribution is -0.0728. The first kappa shape index (κ1) is 12.7. The Kier molecular flexibility index (Phi) is 3.40. The average Bonchev–Trinajstić information content (AvgIpc) is 2.21. The molecule has 0 bridgehead atoms. The summed E-state index contributed by atoms with van der Waals surface area (Å²) in [5.74, 6) is 0.308. The van der Waals surface area contributed by atoms with E-state index in [-0.39, 0.29) is 5.76 Å². The lowest BCUT2D eigenvalue weighted by atomic mass is 9.96. The molecular formula is C11H16O5. The predicted octanol–water partition coefficient (Wildman–Crippen LogP) is 0.545. The molecule has 1 aromatic heterocycles. The monoisotopic (exact) mass is 228 g/mol. The number of hydrogen-bond donors (Lipinski definition) is 2. The van der Waals surface area contributed by atoms with Crippen molar-refractivity contribution in [3.63, 3.8) is 0 Å². The Balaban J connectivity index is 3.37. The van der Waals surface area contributed by atoms with Gasteiger partial charge in [0.05, 0.1) is 18.8 Å². The van der Waals surface area contributed by atoms with E-state index in [2.05, 4.69) is 0 Å². The minimum Gasteiger partial charge on any atom is -0.496 e. The van der Waals surface area contributed by atoms with Crippen LogP contribution in [-0.4, -0.2) is 23.4 Å². The van der Waals surface area contributed by atoms with E-state index in [9.17, 15) is 15.0 Å². The normalized spacial score (nSPS) is 16.6. The van der Waals surface area contributed by atoms with Gasteiger partial charge in [0.1, 0.15) is 17.1 Å². The summed E-state index contributed by atoms with van der Waals surface area (Å²) in [6.07, 6.45) is -1.07. The summed E-state index contributed by atoms with van der Waals surface area (Å²) < 4.78 is 9.92. The van der Waals surface area contributed by atoms with Crippen LogP contribution in [0, 0.1) is 6.92 Å². The summed E-state index contributed by atoms with van der Waals surface area (Å²) in [4.78, 5) is 11.4. The van der Waals surface area contributed by atoms with Gasteiger partial charge in [-0.3, -0.25) is 0 Å². The average molecular weight is 228 g/mol. The van der Waals surface area contributed by atoms with Crippen molar-refractivity contribution in [3.8, 4) is 5.75 Å². The van der Waals surface area contributed by atoms with Crippen LogP contribution in [-0.2, 0) is 5.60 Å². The van der Waals surface area contributed by atoms with Crippen molar-refractivity contribution >= 4 is 0 Å². The van der Waals surface area contributed by atoms with E-state index in [4.69, 9.17) is 9.15 Å². The van der Waals surface area contributed by atoms with Crippen LogP contribution in [0.25, 0.3) is 0 Å². The molecule has 0 aliphatic rings. The van der Waals surface area contributed by atoms with E-state index < -0.39 is 17.3 Å². The number of rotatable bonds is 3. The van der Waals surface area contributed by atoms with Crippen LogP contribution < -0.4 is 10.4 Å². The second kappa shape index (κ2) is 4.27. The number of aliphatic hydroxyl groups excluding tert-OH is 1. The Morgan fingerprint density at radius 2 is 2.12 bits per heavy atom. The Morgan fingerprint density at radius 3 is 2.56 bits per heavy atom. The molecule has 90 valence electrons. The summed E-state index contributed by atoms with van der Waals surface area (Å²) in [7, 11) is 1.42. The van der Waals surface area contributed by atoms with Gasteiger partial charge in [0, 0.05) is 6.07 Å². The SMILES string of the molecule is COc1cc([C@@](C)(O)[C@@H](C)O)oc(=O)c1C. The molecule has 0 aromatic carbocycles. The van der Waals surface area contributed by atoms with E-state index in [0.717, 1.165) is 0 Å². The molecule has 5 heteroatoms. The molecule has 2 atom stereocenters. The fourth-order valence-electron chi connectivity index (χ4n) is 1.20. The maximum Gasteiger partial charge on any atom is 0.342 e. The minimum atomic E-state index is -1.62. The van der Waals surface area contributed by atoms with Crippen LogP contribution in [0.1, 0.15) is 25.2 Å². The van der Waals surface area contributed by atoms with Gasteiger partial charge in [-0.05, 0) is 20.8 Å². The first-order chi connectivity index (χ1) is 7.30. The topological polar surface area (TPSA) is 79.9 Å². The van der Waals surface area contributed by atoms with Crippen LogP contribution in [0.3, 0.4) is 0 Å². The van der Waals surface area contributed by atoms with Crippen molar-refractivity contribution in [2.45, 2.75) is 32.5 Å². The number of hydrogen-bond acceptors (Lipinski definition) is 5. The Hall–Kier alpha value is -1.33. The molecule has 1 aromatic rings. The quantitative estimate of drug-likeness (QED) is 0.789. The molecule has 0 saturated carbocycles. The van der Waals surface area contributed by atoms with Crippen LogP contribution in [0.15, 0.2) is 15.3 Å². The molecule has 0 radical (unpaired) electrons. The van der Waals surface area contributed by atoms with Crippen LogP contribution >= 0.6 is 0 Å². The van der Waals surface area contributed by atoms with Gasteiger partial charge in [0.2, 0.25) is 0 Å². The molecule has 0 unspecified atom stereocenters. The Bertz CT molecular complexity index is 430. The van der Waals surface area contributed by atoms with Crippen molar-refractivity contribution in [2.75, 3.05) is 7.11 Å². The fourth-order valence-corrected chi connectivity index (χ4v) is 1.20. The van der Waals surface area contributed by atoms with Gasteiger partial charge in [0.25, 0.3) is 0 Å². The second-order valence-corrected chi connectivity index (χ2v) is 3.91. The summed E-state index contributed by atoms with van der Waals surface area (Å²) in [6, 6.07) is 1.41. The largest absolute Gasteiger partial charge is 0.496 e. The lowest BCUT2D eigenvalue weighted by Crippen LogP contribution is -2.35. The molecule has 0 spiro atoms. The zero-order chi connectivity index (χ0) is 12.5. The summed E-state index contributed by atoms with van der Waals surface area (Å²) >= 11 is 0. The lowest BCUT2D eigenvalue weighted by Gasteiger charge is -2.25. The third-order valence-electron chi connectivity index (χ3n) is 2.67. The number of aliphatic hydroxyl groups is 2. The van der Waals surface area contributed by atoms with Crippen LogP contribution in [0.4, 0.5) is 0 Å². The number of methoxy groups -OCH3 is 1. The highest BCUT2D eigenvalue weighted by Crippen LogP contribution is 2.27. The zero-order valence-corrected chi connectivity index (χ0v) is 9.77. The van der Waals surface area contributed by atoms with Gasteiger partial charge in [-0.2, -0.15) is 0 Å². The minimum absolute atomic E-state index is 0.0186. The van der Waals surface area contributed by atoms with Crippen LogP contribution in [0.5, 0.6) is 5.75 Å². The summed E-state index contributed by atoms with van der Waals surface area (Å²) in [6.45, 7) is 4.34. The molecule has 0 aliphatic carbocycles. The molecule has 0 saturated heterocycles. The summed E-state index contributed by atoms with van der Waals surface area (Å²) in [5, 5.41) is 19.4. The maximum atomic E-state index is 11.4. The molecule has 16 heavy (non-hydrogen) atoms. The smallest absolute Gasteiger partial charge is 0.342 e. The van der Waals surface area contributed by atoms with Crippen molar-refractivity contribution in [3.05, 3.63) is 27.8 Å². The van der Waals surface area contributed by atoms with E-state index in [1.807, 2.05) is 0 Å². The third kappa shape index (κ3) is 2.10. The molecule has 1 rings (SSSR count). The molecule has 0 fully saturated rings. The number of ether oxygens (including phenoxy) is 1. The summed E-state index contributed by atoms with van der Waals surface area (Å²) in [5.41, 5.74) is -1.89. The molecule has 2 N–H and O–H groups in total. The second-order valence-electron chi connectivity index (χ2n) is 3.91. The third-order valence-corrected chi connectivity index (χ3v) is 2.67. The molecule has 0 aliphatic heterocycles. The maximum absolute atomic E-state index is 11.4. The molecule has 0 amide bonds. The van der Waals surface area contributed by atoms with Crippen molar-refractivity contribution in [2.24, 2.45) is 0 Å². The zero-order valence-electron chi connectivity index (χ0n) is 9.77. The molecular weight excluding hydrogens is 212 g/mol. The highest BCUT2D eigenvalue weighted by molar-refractivity contribution is 5.32. The Labute approximate surface area is 93.3 Å². The van der Waals surface area contributed by atoms with Gasteiger partial charge in [-0.25, -0.2) is 4.79 Å².